The number of aromatic hydroxyl groups is 1. The van der Waals surface area contributed by atoms with Gasteiger partial charge < -0.3 is 14.9 Å². The van der Waals surface area contributed by atoms with Gasteiger partial charge in [0.25, 0.3) is 0 Å². The van der Waals surface area contributed by atoms with Gasteiger partial charge in [-0.2, -0.15) is 5.26 Å². The Kier molecular flexibility index (Phi) is 2.87. The van der Waals surface area contributed by atoms with E-state index in [1.54, 1.807) is 6.07 Å². The van der Waals surface area contributed by atoms with Crippen molar-refractivity contribution in [1.29, 1.82) is 5.26 Å². The van der Waals surface area contributed by atoms with Crippen LogP contribution in [-0.2, 0) is 10.2 Å². The zero-order chi connectivity index (χ0) is 13.3. The van der Waals surface area contributed by atoms with Crippen LogP contribution in [0.2, 0.25) is 0 Å². The van der Waals surface area contributed by atoms with E-state index in [2.05, 4.69) is 0 Å². The molecule has 18 heavy (non-hydrogen) atoms. The number of benzene rings is 1. The molecule has 2 rings (SSSR count). The van der Waals surface area contributed by atoms with Crippen LogP contribution in [0.5, 0.6) is 11.5 Å². The number of carboxylic acid groups (broad SMARTS) is 1. The molecule has 1 aliphatic rings. The van der Waals surface area contributed by atoms with Gasteiger partial charge in [0.05, 0.1) is 19.1 Å². The monoisotopic (exact) mass is 247 g/mol. The molecule has 0 aliphatic heterocycles. The number of methoxy groups -OCH3 is 1. The van der Waals surface area contributed by atoms with Crippen LogP contribution < -0.4 is 4.74 Å². The zero-order valence-corrected chi connectivity index (χ0v) is 9.93. The number of rotatable bonds is 4. The number of nitriles is 1. The highest BCUT2D eigenvalue weighted by Gasteiger charge is 2.46. The molecule has 0 aromatic heterocycles. The molecule has 0 saturated heterocycles. The van der Waals surface area contributed by atoms with E-state index in [-0.39, 0.29) is 23.5 Å². The van der Waals surface area contributed by atoms with Crippen molar-refractivity contribution in [2.24, 2.45) is 0 Å². The molecule has 0 spiro atoms. The lowest BCUT2D eigenvalue weighted by atomic mass is 9.90. The largest absolute Gasteiger partial charge is 0.504 e. The Hall–Kier alpha value is -2.22. The van der Waals surface area contributed by atoms with E-state index in [0.29, 0.717) is 5.56 Å². The number of phenols is 1. The summed E-state index contributed by atoms with van der Waals surface area (Å²) < 4.78 is 4.95. The number of carboxylic acids is 1. The molecule has 2 N–H and O–H groups in total. The molecule has 1 saturated carbocycles. The number of phenolic OH excluding ortho intramolecular Hbond substituents is 1. The molecule has 1 aromatic carbocycles. The summed E-state index contributed by atoms with van der Waals surface area (Å²) in [4.78, 5) is 10.8. The number of ether oxygens (including phenoxy) is 1. The standard InChI is InChI=1S/C13H13NO4/c1-18-12-8(7-14)4-9(5-10(12)15)13(2-3-13)6-11(16)17/h4-5,15H,2-3,6H2,1H3,(H,16,17). The fraction of sp³-hybridized carbons (Fsp3) is 0.385. The third kappa shape index (κ3) is 1.97. The summed E-state index contributed by atoms with van der Waals surface area (Å²) in [7, 11) is 1.37. The molecule has 0 heterocycles. The van der Waals surface area contributed by atoms with Crippen molar-refractivity contribution in [3.05, 3.63) is 23.3 Å². The van der Waals surface area contributed by atoms with Gasteiger partial charge in [0, 0.05) is 5.41 Å². The Morgan fingerprint density at radius 2 is 2.22 bits per heavy atom. The second-order valence-corrected chi connectivity index (χ2v) is 4.54. The van der Waals surface area contributed by atoms with Crippen molar-refractivity contribution in [3.8, 4) is 17.6 Å². The topological polar surface area (TPSA) is 90.6 Å². The molecule has 0 radical (unpaired) electrons. The number of hydrogen-bond donors (Lipinski definition) is 2. The maximum Gasteiger partial charge on any atom is 0.304 e. The van der Waals surface area contributed by atoms with Gasteiger partial charge >= 0.3 is 5.97 Å². The van der Waals surface area contributed by atoms with Gasteiger partial charge in [-0.15, -0.1) is 0 Å². The molecule has 0 atom stereocenters. The molecule has 0 amide bonds. The van der Waals surface area contributed by atoms with Crippen molar-refractivity contribution >= 4 is 5.97 Å². The SMILES string of the molecule is COc1c(O)cc(C2(CC(=O)O)CC2)cc1C#N. The fourth-order valence-corrected chi connectivity index (χ4v) is 2.23. The van der Waals surface area contributed by atoms with Gasteiger partial charge in [-0.25, -0.2) is 0 Å². The molecular formula is C13H13NO4. The number of aliphatic carboxylic acids is 1. The first-order valence-electron chi connectivity index (χ1n) is 5.56. The third-order valence-corrected chi connectivity index (χ3v) is 3.35. The summed E-state index contributed by atoms with van der Waals surface area (Å²) in [6, 6.07) is 5.05. The predicted molar refractivity (Wildman–Crippen MR) is 62.5 cm³/mol. The van der Waals surface area contributed by atoms with Crippen LogP contribution in [0.1, 0.15) is 30.4 Å². The highest BCUT2D eigenvalue weighted by molar-refractivity contribution is 5.70. The summed E-state index contributed by atoms with van der Waals surface area (Å²) in [6.07, 6.45) is 1.54. The summed E-state index contributed by atoms with van der Waals surface area (Å²) in [5.41, 5.74) is 0.491. The van der Waals surface area contributed by atoms with Crippen molar-refractivity contribution in [3.63, 3.8) is 0 Å². The Bertz CT molecular complexity index is 541. The van der Waals surface area contributed by atoms with Gasteiger partial charge in [-0.3, -0.25) is 4.79 Å². The van der Waals surface area contributed by atoms with Gasteiger partial charge in [0.2, 0.25) is 0 Å². The van der Waals surface area contributed by atoms with Gasteiger partial charge in [0.15, 0.2) is 11.5 Å². The molecule has 0 unspecified atom stereocenters. The summed E-state index contributed by atoms with van der Waals surface area (Å²) >= 11 is 0. The molecule has 1 fully saturated rings. The average molecular weight is 247 g/mol. The van der Waals surface area contributed by atoms with Crippen LogP contribution in [0.25, 0.3) is 0 Å². The smallest absolute Gasteiger partial charge is 0.304 e. The summed E-state index contributed by atoms with van der Waals surface area (Å²) in [5.74, 6) is -0.864. The molecule has 5 heteroatoms. The molecule has 0 bridgehead atoms. The van der Waals surface area contributed by atoms with Crippen LogP contribution in [0.15, 0.2) is 12.1 Å². The first-order chi connectivity index (χ1) is 8.52. The Morgan fingerprint density at radius 3 is 2.67 bits per heavy atom. The van der Waals surface area contributed by atoms with Crippen molar-refractivity contribution < 1.29 is 19.7 Å². The number of carbonyl (C=O) groups is 1. The second-order valence-electron chi connectivity index (χ2n) is 4.54. The number of hydrogen-bond acceptors (Lipinski definition) is 4. The minimum Gasteiger partial charge on any atom is -0.504 e. The molecule has 1 aliphatic carbocycles. The maximum absolute atomic E-state index is 10.8. The highest BCUT2D eigenvalue weighted by Crippen LogP contribution is 2.52. The van der Waals surface area contributed by atoms with Crippen LogP contribution in [0.3, 0.4) is 0 Å². The normalized spacial score (nSPS) is 15.8. The molecule has 5 nitrogen and oxygen atoms in total. The Balaban J connectivity index is 2.45. The van der Waals surface area contributed by atoms with Crippen LogP contribution in [-0.4, -0.2) is 23.3 Å². The Morgan fingerprint density at radius 1 is 1.56 bits per heavy atom. The summed E-state index contributed by atoms with van der Waals surface area (Å²) in [6.45, 7) is 0. The second kappa shape index (κ2) is 4.22. The van der Waals surface area contributed by atoms with Crippen molar-refractivity contribution in [2.45, 2.75) is 24.7 Å². The van der Waals surface area contributed by atoms with Gasteiger partial charge in [0.1, 0.15) is 6.07 Å². The Labute approximate surface area is 104 Å². The van der Waals surface area contributed by atoms with Gasteiger partial charge in [-0.05, 0) is 30.5 Å². The van der Waals surface area contributed by atoms with E-state index < -0.39 is 11.4 Å². The quantitative estimate of drug-likeness (QED) is 0.846. The fourth-order valence-electron chi connectivity index (χ4n) is 2.23. The lowest BCUT2D eigenvalue weighted by molar-refractivity contribution is -0.137. The van der Waals surface area contributed by atoms with E-state index in [1.165, 1.54) is 13.2 Å². The van der Waals surface area contributed by atoms with Crippen LogP contribution in [0, 0.1) is 11.3 Å². The predicted octanol–water partition coefficient (Wildman–Crippen LogP) is 1.78. The van der Waals surface area contributed by atoms with E-state index in [1.807, 2.05) is 6.07 Å². The lowest BCUT2D eigenvalue weighted by Crippen LogP contribution is -2.13. The number of nitrogens with zero attached hydrogens (tertiary/aromatic N) is 1. The lowest BCUT2D eigenvalue weighted by Gasteiger charge is -2.15. The minimum absolute atomic E-state index is 0.0175. The first kappa shape index (κ1) is 12.2. The van der Waals surface area contributed by atoms with E-state index >= 15 is 0 Å². The summed E-state index contributed by atoms with van der Waals surface area (Å²) in [5, 5.41) is 27.7. The van der Waals surface area contributed by atoms with Gasteiger partial charge in [-0.1, -0.05) is 0 Å². The molecular weight excluding hydrogens is 234 g/mol. The van der Waals surface area contributed by atoms with E-state index in [0.717, 1.165) is 12.8 Å². The minimum atomic E-state index is -0.874. The average Bonchev–Trinajstić information content (AvgIpc) is 3.07. The van der Waals surface area contributed by atoms with Crippen LogP contribution in [0.4, 0.5) is 0 Å². The maximum atomic E-state index is 10.8. The van der Waals surface area contributed by atoms with E-state index in [9.17, 15) is 9.90 Å². The highest BCUT2D eigenvalue weighted by atomic mass is 16.5. The first-order valence-corrected chi connectivity index (χ1v) is 5.56. The molecule has 94 valence electrons. The van der Waals surface area contributed by atoms with Crippen molar-refractivity contribution in [1.82, 2.24) is 0 Å². The van der Waals surface area contributed by atoms with Crippen molar-refractivity contribution in [2.75, 3.05) is 7.11 Å². The van der Waals surface area contributed by atoms with E-state index in [4.69, 9.17) is 15.1 Å². The third-order valence-electron chi connectivity index (χ3n) is 3.35. The molecule has 1 aromatic rings. The van der Waals surface area contributed by atoms with Crippen LogP contribution >= 0.6 is 0 Å². The zero-order valence-electron chi connectivity index (χ0n) is 9.93.